The van der Waals surface area contributed by atoms with Crippen molar-refractivity contribution in [1.29, 1.82) is 0 Å². The maximum atomic E-state index is 11.6. The van der Waals surface area contributed by atoms with E-state index in [0.29, 0.717) is 13.1 Å². The molecule has 0 rings (SSSR count). The van der Waals surface area contributed by atoms with E-state index in [2.05, 4.69) is 6.58 Å². The fraction of sp³-hybridized carbons (Fsp3) is 0.667. The number of carbonyl (C=O) groups excluding carboxylic acids is 1. The molecule has 0 radical (unpaired) electrons. The lowest BCUT2D eigenvalue weighted by atomic mass is 10.3. The summed E-state index contributed by atoms with van der Waals surface area (Å²) < 4.78 is 4.94. The van der Waals surface area contributed by atoms with Crippen molar-refractivity contribution in [2.75, 3.05) is 26.7 Å². The molecule has 1 amide bonds. The van der Waals surface area contributed by atoms with Crippen molar-refractivity contribution < 1.29 is 9.53 Å². The first kappa shape index (κ1) is 12.1. The van der Waals surface area contributed by atoms with Crippen molar-refractivity contribution in [2.24, 2.45) is 5.73 Å². The number of methoxy groups -OCH3 is 1. The molecule has 0 aromatic rings. The van der Waals surface area contributed by atoms with Crippen LogP contribution in [0, 0.1) is 0 Å². The Labute approximate surface area is 79.3 Å². The number of nitrogens with zero attached hydrogens (tertiary/aromatic N) is 1. The van der Waals surface area contributed by atoms with Crippen LogP contribution in [0.2, 0.25) is 0 Å². The fourth-order valence-corrected chi connectivity index (χ4v) is 1.03. The van der Waals surface area contributed by atoms with E-state index >= 15 is 0 Å². The van der Waals surface area contributed by atoms with E-state index in [4.69, 9.17) is 10.5 Å². The van der Waals surface area contributed by atoms with Gasteiger partial charge in [0, 0.05) is 26.7 Å². The summed E-state index contributed by atoms with van der Waals surface area (Å²) in [6.45, 7) is 6.87. The highest BCUT2D eigenvalue weighted by atomic mass is 16.5. The summed E-state index contributed by atoms with van der Waals surface area (Å²) in [5.74, 6) is -0.0765. The maximum Gasteiger partial charge on any atom is 0.253 e. The zero-order valence-corrected chi connectivity index (χ0v) is 8.32. The number of hydrogen-bond donors (Lipinski definition) is 1. The predicted octanol–water partition coefficient (Wildman–Crippen LogP) is -0.00540. The van der Waals surface area contributed by atoms with Gasteiger partial charge in [-0.2, -0.15) is 0 Å². The molecule has 0 heterocycles. The van der Waals surface area contributed by atoms with E-state index in [-0.39, 0.29) is 12.5 Å². The van der Waals surface area contributed by atoms with E-state index in [1.165, 1.54) is 7.11 Å². The summed E-state index contributed by atoms with van der Waals surface area (Å²) in [6.07, 6.45) is 1.16. The molecule has 13 heavy (non-hydrogen) atoms. The van der Waals surface area contributed by atoms with Crippen LogP contribution in [0.25, 0.3) is 0 Å². The third kappa shape index (κ3) is 3.57. The van der Waals surface area contributed by atoms with Gasteiger partial charge in [0.05, 0.1) is 0 Å². The van der Waals surface area contributed by atoms with Crippen molar-refractivity contribution in [2.45, 2.75) is 13.0 Å². The molecule has 0 bridgehead atoms. The lowest BCUT2D eigenvalue weighted by Gasteiger charge is -2.23. The summed E-state index contributed by atoms with van der Waals surface area (Å²) in [5.41, 5.74) is 5.37. The van der Waals surface area contributed by atoms with Crippen LogP contribution in [-0.4, -0.2) is 43.7 Å². The zero-order valence-electron chi connectivity index (χ0n) is 8.32. The molecule has 2 N–H and O–H groups in total. The smallest absolute Gasteiger partial charge is 0.253 e. The Morgan fingerprint density at radius 1 is 1.77 bits per heavy atom. The molecule has 0 spiro atoms. The summed E-state index contributed by atoms with van der Waals surface area (Å²) in [4.78, 5) is 13.2. The molecular weight excluding hydrogens is 168 g/mol. The Hall–Kier alpha value is -0.870. The summed E-state index contributed by atoms with van der Waals surface area (Å²) >= 11 is 0. The van der Waals surface area contributed by atoms with E-state index < -0.39 is 6.10 Å². The Kier molecular flexibility index (Phi) is 6.18. The van der Waals surface area contributed by atoms with Crippen molar-refractivity contribution in [3.05, 3.63) is 12.7 Å². The molecule has 4 heteroatoms. The molecule has 1 atom stereocenters. The highest BCUT2D eigenvalue weighted by molar-refractivity contribution is 5.81. The Morgan fingerprint density at radius 2 is 2.38 bits per heavy atom. The largest absolute Gasteiger partial charge is 0.370 e. The molecule has 0 aliphatic rings. The fourth-order valence-electron chi connectivity index (χ4n) is 1.03. The number of ether oxygens (including phenoxy) is 1. The minimum atomic E-state index is -0.528. The molecule has 0 aromatic heterocycles. The van der Waals surface area contributed by atoms with Crippen molar-refractivity contribution in [3.63, 3.8) is 0 Å². The van der Waals surface area contributed by atoms with Crippen LogP contribution < -0.4 is 5.73 Å². The summed E-state index contributed by atoms with van der Waals surface area (Å²) in [7, 11) is 1.48. The van der Waals surface area contributed by atoms with Gasteiger partial charge in [-0.1, -0.05) is 6.08 Å². The average Bonchev–Trinajstić information content (AvgIpc) is 2.15. The van der Waals surface area contributed by atoms with Gasteiger partial charge in [0.25, 0.3) is 5.91 Å². The second-order valence-corrected chi connectivity index (χ2v) is 2.63. The van der Waals surface area contributed by atoms with Crippen LogP contribution in [0.1, 0.15) is 6.92 Å². The standard InChI is InChI=1S/C9H18N2O2/c1-4-6-11(5-2)9(12)8(7-10)13-3/h4,8H,1,5-7,10H2,2-3H3. The molecule has 0 fully saturated rings. The van der Waals surface area contributed by atoms with Crippen LogP contribution in [-0.2, 0) is 9.53 Å². The molecule has 0 saturated carbocycles. The first-order valence-electron chi connectivity index (χ1n) is 4.33. The van der Waals surface area contributed by atoms with Crippen LogP contribution >= 0.6 is 0 Å². The monoisotopic (exact) mass is 186 g/mol. The lowest BCUT2D eigenvalue weighted by Crippen LogP contribution is -2.43. The molecule has 0 saturated heterocycles. The number of likely N-dealkylation sites (N-methyl/N-ethyl adjacent to an activating group) is 1. The van der Waals surface area contributed by atoms with Gasteiger partial charge in [0.1, 0.15) is 6.10 Å². The van der Waals surface area contributed by atoms with Gasteiger partial charge in [0.15, 0.2) is 0 Å². The molecule has 76 valence electrons. The second kappa shape index (κ2) is 6.62. The maximum absolute atomic E-state index is 11.6. The van der Waals surface area contributed by atoms with E-state index in [9.17, 15) is 4.79 Å². The topological polar surface area (TPSA) is 55.6 Å². The van der Waals surface area contributed by atoms with Crippen molar-refractivity contribution >= 4 is 5.91 Å². The highest BCUT2D eigenvalue weighted by Crippen LogP contribution is 1.97. The normalized spacial score (nSPS) is 12.2. The van der Waals surface area contributed by atoms with Gasteiger partial charge in [-0.25, -0.2) is 0 Å². The number of rotatable bonds is 6. The predicted molar refractivity (Wildman–Crippen MR) is 52.3 cm³/mol. The number of nitrogens with two attached hydrogens (primary N) is 1. The third-order valence-electron chi connectivity index (χ3n) is 1.82. The van der Waals surface area contributed by atoms with Crippen LogP contribution in [0.5, 0.6) is 0 Å². The summed E-state index contributed by atoms with van der Waals surface area (Å²) in [5, 5.41) is 0. The lowest BCUT2D eigenvalue weighted by molar-refractivity contribution is -0.140. The minimum absolute atomic E-state index is 0.0765. The first-order valence-corrected chi connectivity index (χ1v) is 4.33. The average molecular weight is 186 g/mol. The van der Waals surface area contributed by atoms with Gasteiger partial charge in [-0.15, -0.1) is 6.58 Å². The SMILES string of the molecule is C=CCN(CC)C(=O)C(CN)OC. The number of amides is 1. The highest BCUT2D eigenvalue weighted by Gasteiger charge is 2.20. The molecule has 4 nitrogen and oxygen atoms in total. The van der Waals surface area contributed by atoms with Gasteiger partial charge in [0.2, 0.25) is 0 Å². The van der Waals surface area contributed by atoms with E-state index in [1.54, 1.807) is 11.0 Å². The van der Waals surface area contributed by atoms with Gasteiger partial charge in [-0.3, -0.25) is 4.79 Å². The van der Waals surface area contributed by atoms with Gasteiger partial charge >= 0.3 is 0 Å². The molecule has 0 aromatic carbocycles. The third-order valence-corrected chi connectivity index (χ3v) is 1.82. The summed E-state index contributed by atoms with van der Waals surface area (Å²) in [6, 6.07) is 0. The zero-order chi connectivity index (χ0) is 10.3. The van der Waals surface area contributed by atoms with Crippen LogP contribution in [0.3, 0.4) is 0 Å². The quantitative estimate of drug-likeness (QED) is 0.594. The van der Waals surface area contributed by atoms with Crippen LogP contribution in [0.4, 0.5) is 0 Å². The Morgan fingerprint density at radius 3 is 2.69 bits per heavy atom. The molecule has 0 aliphatic carbocycles. The Bertz CT molecular complexity index is 167. The number of carbonyl (C=O) groups is 1. The minimum Gasteiger partial charge on any atom is -0.370 e. The van der Waals surface area contributed by atoms with E-state index in [1.807, 2.05) is 6.92 Å². The van der Waals surface area contributed by atoms with Gasteiger partial charge < -0.3 is 15.4 Å². The van der Waals surface area contributed by atoms with Crippen LogP contribution in [0.15, 0.2) is 12.7 Å². The van der Waals surface area contributed by atoms with Crippen molar-refractivity contribution in [3.8, 4) is 0 Å². The molecule has 1 unspecified atom stereocenters. The molecular formula is C9H18N2O2. The first-order chi connectivity index (χ1) is 6.21. The molecule has 0 aliphatic heterocycles. The van der Waals surface area contributed by atoms with Crippen molar-refractivity contribution in [1.82, 2.24) is 4.90 Å². The van der Waals surface area contributed by atoms with E-state index in [0.717, 1.165) is 0 Å². The van der Waals surface area contributed by atoms with Gasteiger partial charge in [-0.05, 0) is 6.92 Å². The number of hydrogen-bond acceptors (Lipinski definition) is 3. The Balaban J connectivity index is 4.24. The second-order valence-electron chi connectivity index (χ2n) is 2.63.